The third-order valence-electron chi connectivity index (χ3n) is 2.96. The Hall–Kier alpha value is -1.21. The van der Waals surface area contributed by atoms with Gasteiger partial charge in [0.05, 0.1) is 10.4 Å². The van der Waals surface area contributed by atoms with Gasteiger partial charge in [-0.05, 0) is 38.2 Å². The minimum Gasteiger partial charge on any atom is -0.316 e. The van der Waals surface area contributed by atoms with E-state index in [0.29, 0.717) is 6.54 Å². The number of likely N-dealkylation sites (N-methyl/N-ethyl adjacent to an activating group) is 1. The van der Waals surface area contributed by atoms with Crippen molar-refractivity contribution in [2.24, 2.45) is 0 Å². The number of hydrogen-bond acceptors (Lipinski definition) is 4. The predicted octanol–water partition coefficient (Wildman–Crippen LogP) is 1.54. The molecule has 1 atom stereocenters. The summed E-state index contributed by atoms with van der Waals surface area (Å²) in [4.78, 5) is 4.43. The Kier molecular flexibility index (Phi) is 5.88. The molecule has 110 valence electrons. The van der Waals surface area contributed by atoms with Crippen LogP contribution in [0.5, 0.6) is 0 Å². The molecule has 0 aliphatic carbocycles. The third-order valence-corrected chi connectivity index (χ3v) is 4.38. The Balaban J connectivity index is 0.00000200. The zero-order valence-electron chi connectivity index (χ0n) is 11.3. The van der Waals surface area contributed by atoms with Crippen molar-refractivity contribution >= 4 is 33.3 Å². The molecule has 2 rings (SSSR count). The van der Waals surface area contributed by atoms with E-state index in [2.05, 4.69) is 15.0 Å². The molecule has 2 N–H and O–H groups in total. The van der Waals surface area contributed by atoms with Crippen LogP contribution in [0.1, 0.15) is 6.92 Å². The molecule has 1 aromatic heterocycles. The lowest BCUT2D eigenvalue weighted by atomic mass is 10.2. The van der Waals surface area contributed by atoms with Crippen LogP contribution in [-0.4, -0.2) is 33.0 Å². The van der Waals surface area contributed by atoms with Crippen molar-refractivity contribution < 1.29 is 8.42 Å². The van der Waals surface area contributed by atoms with E-state index in [1.807, 2.05) is 13.0 Å². The number of nitrogens with one attached hydrogen (secondary N) is 2. The standard InChI is InChI=1S/C13H17N3O2S.ClH/c1-10(14-2)9-16-19(17,18)12-5-6-13-11(8-12)4-3-7-15-13;/h3-8,10,14,16H,9H2,1-2H3;1H. The zero-order chi connectivity index (χ0) is 13.9. The number of nitrogens with zero attached hydrogens (tertiary/aromatic N) is 1. The lowest BCUT2D eigenvalue weighted by Crippen LogP contribution is -2.37. The monoisotopic (exact) mass is 315 g/mol. The molecule has 7 heteroatoms. The van der Waals surface area contributed by atoms with Gasteiger partial charge in [-0.25, -0.2) is 13.1 Å². The van der Waals surface area contributed by atoms with Crippen LogP contribution in [0.4, 0.5) is 0 Å². The lowest BCUT2D eigenvalue weighted by molar-refractivity contribution is 0.554. The second-order valence-corrected chi connectivity index (χ2v) is 6.17. The number of fused-ring (bicyclic) bond motifs is 1. The molecular formula is C13H18ClN3O2S. The summed E-state index contributed by atoms with van der Waals surface area (Å²) in [6, 6.07) is 8.63. The lowest BCUT2D eigenvalue weighted by Gasteiger charge is -2.12. The van der Waals surface area contributed by atoms with Gasteiger partial charge in [-0.2, -0.15) is 0 Å². The van der Waals surface area contributed by atoms with E-state index in [1.54, 1.807) is 37.5 Å². The molecule has 2 aromatic rings. The Morgan fingerprint density at radius 1 is 1.30 bits per heavy atom. The van der Waals surface area contributed by atoms with Crippen molar-refractivity contribution in [2.45, 2.75) is 17.9 Å². The number of hydrogen-bond donors (Lipinski definition) is 2. The van der Waals surface area contributed by atoms with Gasteiger partial charge in [0.2, 0.25) is 10.0 Å². The number of aromatic nitrogens is 1. The summed E-state index contributed by atoms with van der Waals surface area (Å²) >= 11 is 0. The highest BCUT2D eigenvalue weighted by atomic mass is 35.5. The van der Waals surface area contributed by atoms with Crippen LogP contribution in [-0.2, 0) is 10.0 Å². The van der Waals surface area contributed by atoms with E-state index < -0.39 is 10.0 Å². The van der Waals surface area contributed by atoms with Crippen molar-refractivity contribution in [1.29, 1.82) is 0 Å². The summed E-state index contributed by atoms with van der Waals surface area (Å²) in [7, 11) is -1.68. The van der Waals surface area contributed by atoms with E-state index in [0.717, 1.165) is 10.9 Å². The molecule has 0 spiro atoms. The highest BCUT2D eigenvalue weighted by Gasteiger charge is 2.15. The maximum Gasteiger partial charge on any atom is 0.240 e. The Morgan fingerprint density at radius 3 is 2.75 bits per heavy atom. The summed E-state index contributed by atoms with van der Waals surface area (Å²) in [6.07, 6.45) is 1.68. The van der Waals surface area contributed by atoms with E-state index in [4.69, 9.17) is 0 Å². The van der Waals surface area contributed by atoms with Crippen LogP contribution in [0.3, 0.4) is 0 Å². The molecule has 0 saturated carbocycles. The van der Waals surface area contributed by atoms with E-state index in [1.165, 1.54) is 0 Å². The van der Waals surface area contributed by atoms with Gasteiger partial charge < -0.3 is 5.32 Å². The molecule has 0 saturated heterocycles. The van der Waals surface area contributed by atoms with Crippen molar-refractivity contribution in [3.05, 3.63) is 36.5 Å². The summed E-state index contributed by atoms with van der Waals surface area (Å²) in [6.45, 7) is 2.26. The first-order chi connectivity index (χ1) is 9.03. The summed E-state index contributed by atoms with van der Waals surface area (Å²) in [5.74, 6) is 0. The average Bonchev–Trinajstić information content (AvgIpc) is 2.44. The zero-order valence-corrected chi connectivity index (χ0v) is 13.0. The second-order valence-electron chi connectivity index (χ2n) is 4.40. The van der Waals surface area contributed by atoms with Crippen molar-refractivity contribution in [1.82, 2.24) is 15.0 Å². The molecule has 0 radical (unpaired) electrons. The van der Waals surface area contributed by atoms with Crippen molar-refractivity contribution in [3.8, 4) is 0 Å². The van der Waals surface area contributed by atoms with Crippen molar-refractivity contribution in [2.75, 3.05) is 13.6 Å². The first-order valence-corrected chi connectivity index (χ1v) is 7.53. The topological polar surface area (TPSA) is 71.1 Å². The highest BCUT2D eigenvalue weighted by molar-refractivity contribution is 7.89. The highest BCUT2D eigenvalue weighted by Crippen LogP contribution is 2.16. The van der Waals surface area contributed by atoms with Gasteiger partial charge in [-0.15, -0.1) is 12.4 Å². The fourth-order valence-electron chi connectivity index (χ4n) is 1.64. The van der Waals surface area contributed by atoms with E-state index in [9.17, 15) is 8.42 Å². The molecule has 0 aliphatic rings. The molecule has 1 heterocycles. The smallest absolute Gasteiger partial charge is 0.240 e. The van der Waals surface area contributed by atoms with E-state index in [-0.39, 0.29) is 23.3 Å². The minimum absolute atomic E-state index is 0. The molecule has 0 bridgehead atoms. The SMILES string of the molecule is CNC(C)CNS(=O)(=O)c1ccc2ncccc2c1.Cl. The number of benzene rings is 1. The molecule has 5 nitrogen and oxygen atoms in total. The Morgan fingerprint density at radius 2 is 2.05 bits per heavy atom. The average molecular weight is 316 g/mol. The van der Waals surface area contributed by atoms with Gasteiger partial charge >= 0.3 is 0 Å². The summed E-state index contributed by atoms with van der Waals surface area (Å²) in [5.41, 5.74) is 0.782. The van der Waals surface area contributed by atoms with Gasteiger partial charge in [-0.1, -0.05) is 6.07 Å². The molecular weight excluding hydrogens is 298 g/mol. The summed E-state index contributed by atoms with van der Waals surface area (Å²) < 4.78 is 26.9. The first-order valence-electron chi connectivity index (χ1n) is 6.04. The number of halogens is 1. The van der Waals surface area contributed by atoms with Gasteiger partial charge in [-0.3, -0.25) is 4.98 Å². The van der Waals surface area contributed by atoms with Crippen LogP contribution in [0.2, 0.25) is 0 Å². The number of pyridine rings is 1. The Labute approximate surface area is 125 Å². The van der Waals surface area contributed by atoms with Crippen LogP contribution >= 0.6 is 12.4 Å². The van der Waals surface area contributed by atoms with Gasteiger partial charge in [0, 0.05) is 24.2 Å². The quantitative estimate of drug-likeness (QED) is 0.878. The fourth-order valence-corrected chi connectivity index (χ4v) is 2.81. The van der Waals surface area contributed by atoms with Crippen LogP contribution in [0.15, 0.2) is 41.4 Å². The van der Waals surface area contributed by atoms with Gasteiger partial charge in [0.15, 0.2) is 0 Å². The maximum atomic E-state index is 12.1. The molecule has 1 aromatic carbocycles. The van der Waals surface area contributed by atoms with Gasteiger partial charge in [0.1, 0.15) is 0 Å². The van der Waals surface area contributed by atoms with E-state index >= 15 is 0 Å². The van der Waals surface area contributed by atoms with Gasteiger partial charge in [0.25, 0.3) is 0 Å². The summed E-state index contributed by atoms with van der Waals surface area (Å²) in [5, 5.41) is 3.79. The molecule has 0 fully saturated rings. The Bertz CT molecular complexity index is 676. The number of sulfonamides is 1. The molecule has 1 unspecified atom stereocenters. The molecule has 0 aliphatic heterocycles. The minimum atomic E-state index is -3.47. The molecule has 20 heavy (non-hydrogen) atoms. The fraction of sp³-hybridized carbons (Fsp3) is 0.308. The van der Waals surface area contributed by atoms with Crippen LogP contribution in [0, 0.1) is 0 Å². The predicted molar refractivity (Wildman–Crippen MR) is 82.7 cm³/mol. The van der Waals surface area contributed by atoms with Crippen molar-refractivity contribution in [3.63, 3.8) is 0 Å². The second kappa shape index (κ2) is 6.99. The number of rotatable bonds is 5. The first kappa shape index (κ1) is 16.8. The largest absolute Gasteiger partial charge is 0.316 e. The third kappa shape index (κ3) is 3.89. The van der Waals surface area contributed by atoms with Crippen LogP contribution in [0.25, 0.3) is 10.9 Å². The molecule has 0 amide bonds. The maximum absolute atomic E-state index is 12.1. The van der Waals surface area contributed by atoms with Crippen LogP contribution < -0.4 is 10.0 Å². The normalized spacial score (nSPS) is 12.9.